The van der Waals surface area contributed by atoms with Crippen LogP contribution in [0.3, 0.4) is 0 Å². The van der Waals surface area contributed by atoms with Crippen molar-refractivity contribution in [2.24, 2.45) is 0 Å². The van der Waals surface area contributed by atoms with Crippen LogP contribution in [0.1, 0.15) is 36.5 Å². The molecule has 2 aromatic carbocycles. The van der Waals surface area contributed by atoms with E-state index in [2.05, 4.69) is 0 Å². The van der Waals surface area contributed by atoms with Gasteiger partial charge in [0, 0.05) is 44.3 Å². The second-order valence-corrected chi connectivity index (χ2v) is 10.5. The van der Waals surface area contributed by atoms with Gasteiger partial charge in [-0.25, -0.2) is 8.42 Å². The molecular weight excluding hydrogens is 442 g/mol. The van der Waals surface area contributed by atoms with E-state index in [-0.39, 0.29) is 28.3 Å². The first-order valence-corrected chi connectivity index (χ1v) is 12.8. The second kappa shape index (κ2) is 9.61. The molecule has 2 aromatic rings. The number of carbonyl (C=O) groups is 1. The van der Waals surface area contributed by atoms with Gasteiger partial charge in [-0.1, -0.05) is 18.6 Å². The molecule has 0 spiro atoms. The summed E-state index contributed by atoms with van der Waals surface area (Å²) in [6.07, 6.45) is 2.66. The molecule has 178 valence electrons. The fourth-order valence-electron chi connectivity index (χ4n) is 4.63. The van der Waals surface area contributed by atoms with Crippen LogP contribution in [0, 0.1) is 0 Å². The molecule has 8 nitrogen and oxygen atoms in total. The van der Waals surface area contributed by atoms with Crippen molar-refractivity contribution in [3.05, 3.63) is 48.0 Å². The van der Waals surface area contributed by atoms with Crippen molar-refractivity contribution >= 4 is 21.6 Å². The predicted octanol–water partition coefficient (Wildman–Crippen LogP) is 2.93. The Bertz CT molecular complexity index is 1110. The number of hydrogen-bond acceptors (Lipinski definition) is 6. The Morgan fingerprint density at radius 2 is 1.76 bits per heavy atom. The van der Waals surface area contributed by atoms with E-state index in [1.807, 2.05) is 24.0 Å². The average molecular weight is 474 g/mol. The molecule has 2 aliphatic heterocycles. The zero-order valence-electron chi connectivity index (χ0n) is 19.1. The second-order valence-electron chi connectivity index (χ2n) is 8.59. The predicted molar refractivity (Wildman–Crippen MR) is 126 cm³/mol. The van der Waals surface area contributed by atoms with Crippen LogP contribution in [0.15, 0.2) is 47.4 Å². The van der Waals surface area contributed by atoms with Gasteiger partial charge in [-0.05, 0) is 50.1 Å². The molecule has 0 bridgehead atoms. The summed E-state index contributed by atoms with van der Waals surface area (Å²) in [4.78, 5) is 17.0. The van der Waals surface area contributed by atoms with E-state index in [0.717, 1.165) is 24.9 Å². The van der Waals surface area contributed by atoms with Crippen molar-refractivity contribution < 1.29 is 23.1 Å². The lowest BCUT2D eigenvalue weighted by atomic mass is 10.1. The first-order chi connectivity index (χ1) is 15.8. The number of amides is 1. The number of phenolic OH excluding ortho intramolecular Hbond substituents is 1. The van der Waals surface area contributed by atoms with Gasteiger partial charge in [0.25, 0.3) is 5.91 Å². The van der Waals surface area contributed by atoms with Gasteiger partial charge in [-0.15, -0.1) is 0 Å². The maximum absolute atomic E-state index is 13.5. The van der Waals surface area contributed by atoms with Crippen LogP contribution in [0.2, 0.25) is 0 Å². The van der Waals surface area contributed by atoms with Crippen LogP contribution in [0.25, 0.3) is 0 Å². The maximum atomic E-state index is 13.5. The van der Waals surface area contributed by atoms with Gasteiger partial charge in [0.05, 0.1) is 12.8 Å². The van der Waals surface area contributed by atoms with E-state index < -0.39 is 10.0 Å². The van der Waals surface area contributed by atoms with E-state index in [1.54, 1.807) is 29.2 Å². The first kappa shape index (κ1) is 23.4. The van der Waals surface area contributed by atoms with Crippen LogP contribution in [-0.2, 0) is 10.0 Å². The molecule has 0 saturated carbocycles. The zero-order chi connectivity index (χ0) is 23.6. The Balaban J connectivity index is 1.54. The van der Waals surface area contributed by atoms with Crippen LogP contribution in [0.4, 0.5) is 5.69 Å². The molecule has 0 radical (unpaired) electrons. The molecule has 2 fully saturated rings. The normalized spacial score (nSPS) is 20.0. The molecule has 0 aliphatic carbocycles. The quantitative estimate of drug-likeness (QED) is 0.718. The standard InChI is InChI=1S/C24H31N3O5S/c1-18-7-5-6-12-27(18)33(30,31)23-17-19(10-11-22(23)32-2)24(29)26-15-13-25(14-16-26)20-8-3-4-9-21(20)28/h3-4,8-11,17-18,28H,5-7,12-16H2,1-2H3. The van der Waals surface area contributed by atoms with Gasteiger partial charge in [-0.3, -0.25) is 4.79 Å². The lowest BCUT2D eigenvalue weighted by molar-refractivity contribution is 0.0746. The summed E-state index contributed by atoms with van der Waals surface area (Å²) in [5.41, 5.74) is 1.08. The van der Waals surface area contributed by atoms with E-state index in [9.17, 15) is 18.3 Å². The highest BCUT2D eigenvalue weighted by molar-refractivity contribution is 7.89. The minimum Gasteiger partial charge on any atom is -0.506 e. The molecule has 2 aliphatic rings. The summed E-state index contributed by atoms with van der Waals surface area (Å²) >= 11 is 0. The van der Waals surface area contributed by atoms with Crippen molar-refractivity contribution in [3.63, 3.8) is 0 Å². The number of nitrogens with zero attached hydrogens (tertiary/aromatic N) is 3. The molecular formula is C24H31N3O5S. The largest absolute Gasteiger partial charge is 0.506 e. The van der Waals surface area contributed by atoms with Crippen LogP contribution in [-0.4, -0.2) is 74.5 Å². The molecule has 1 N–H and O–H groups in total. The zero-order valence-corrected chi connectivity index (χ0v) is 19.9. The van der Waals surface area contributed by atoms with Gasteiger partial charge in [0.2, 0.25) is 10.0 Å². The van der Waals surface area contributed by atoms with E-state index in [1.165, 1.54) is 17.5 Å². The molecule has 4 rings (SSSR count). The highest BCUT2D eigenvalue weighted by atomic mass is 32.2. The van der Waals surface area contributed by atoms with Crippen molar-refractivity contribution in [2.45, 2.75) is 37.1 Å². The van der Waals surface area contributed by atoms with E-state index in [4.69, 9.17) is 4.74 Å². The number of sulfonamides is 1. The average Bonchev–Trinajstić information content (AvgIpc) is 2.84. The fraction of sp³-hybridized carbons (Fsp3) is 0.458. The topological polar surface area (TPSA) is 90.4 Å². The molecule has 1 amide bonds. The maximum Gasteiger partial charge on any atom is 0.254 e. The SMILES string of the molecule is COc1ccc(C(=O)N2CCN(c3ccccc3O)CC2)cc1S(=O)(=O)N1CCCCC1C. The number of methoxy groups -OCH3 is 1. The lowest BCUT2D eigenvalue weighted by Crippen LogP contribution is -2.48. The number of ether oxygens (including phenoxy) is 1. The number of anilines is 1. The number of aromatic hydroxyl groups is 1. The molecule has 2 heterocycles. The number of piperidine rings is 1. The number of para-hydroxylation sites is 2. The Morgan fingerprint density at radius 3 is 2.42 bits per heavy atom. The highest BCUT2D eigenvalue weighted by Crippen LogP contribution is 2.32. The Hall–Kier alpha value is -2.78. The number of rotatable bonds is 5. The number of carbonyl (C=O) groups excluding carboxylic acids is 1. The summed E-state index contributed by atoms with van der Waals surface area (Å²) in [5, 5.41) is 10.1. The van der Waals surface area contributed by atoms with Gasteiger partial charge >= 0.3 is 0 Å². The minimum absolute atomic E-state index is 0.0393. The Morgan fingerprint density at radius 1 is 1.03 bits per heavy atom. The number of benzene rings is 2. The van der Waals surface area contributed by atoms with Gasteiger partial charge in [0.1, 0.15) is 16.4 Å². The van der Waals surface area contributed by atoms with Gasteiger partial charge in [0.15, 0.2) is 0 Å². The summed E-state index contributed by atoms with van der Waals surface area (Å²) in [6, 6.07) is 11.7. The van der Waals surface area contributed by atoms with E-state index in [0.29, 0.717) is 38.3 Å². The van der Waals surface area contributed by atoms with Gasteiger partial charge < -0.3 is 19.6 Å². The van der Waals surface area contributed by atoms with Crippen LogP contribution < -0.4 is 9.64 Å². The number of piperazine rings is 1. The summed E-state index contributed by atoms with van der Waals surface area (Å²) in [7, 11) is -2.35. The monoisotopic (exact) mass is 473 g/mol. The van der Waals surface area contributed by atoms with Crippen LogP contribution >= 0.6 is 0 Å². The molecule has 9 heteroatoms. The van der Waals surface area contributed by atoms with Crippen molar-refractivity contribution in [1.29, 1.82) is 0 Å². The van der Waals surface area contributed by atoms with Crippen molar-refractivity contribution in [2.75, 3.05) is 44.7 Å². The molecule has 33 heavy (non-hydrogen) atoms. The molecule has 1 atom stereocenters. The van der Waals surface area contributed by atoms with Crippen LogP contribution in [0.5, 0.6) is 11.5 Å². The lowest BCUT2D eigenvalue weighted by Gasteiger charge is -2.36. The third kappa shape index (κ3) is 4.65. The van der Waals surface area contributed by atoms with Crippen molar-refractivity contribution in [3.8, 4) is 11.5 Å². The first-order valence-electron chi connectivity index (χ1n) is 11.3. The third-order valence-corrected chi connectivity index (χ3v) is 8.56. The minimum atomic E-state index is -3.79. The summed E-state index contributed by atoms with van der Waals surface area (Å²) in [5.74, 6) is 0.251. The van der Waals surface area contributed by atoms with E-state index >= 15 is 0 Å². The highest BCUT2D eigenvalue weighted by Gasteiger charge is 2.34. The Kier molecular flexibility index (Phi) is 6.81. The molecule has 2 saturated heterocycles. The molecule has 1 unspecified atom stereocenters. The van der Waals surface area contributed by atoms with Gasteiger partial charge in [-0.2, -0.15) is 4.31 Å². The number of hydrogen-bond donors (Lipinski definition) is 1. The summed E-state index contributed by atoms with van der Waals surface area (Å²) < 4.78 is 33.8. The molecule has 0 aromatic heterocycles. The number of phenols is 1. The third-order valence-electron chi connectivity index (χ3n) is 6.53. The Labute approximate surface area is 195 Å². The fourth-order valence-corrected chi connectivity index (χ4v) is 6.51. The van der Waals surface area contributed by atoms with Crippen molar-refractivity contribution in [1.82, 2.24) is 9.21 Å². The smallest absolute Gasteiger partial charge is 0.254 e. The summed E-state index contributed by atoms with van der Waals surface area (Å²) in [6.45, 7) is 4.50.